The highest BCUT2D eigenvalue weighted by molar-refractivity contribution is 6.76. The van der Waals surface area contributed by atoms with Gasteiger partial charge in [-0.3, -0.25) is 9.78 Å². The molecule has 37 heavy (non-hydrogen) atoms. The van der Waals surface area contributed by atoms with Crippen molar-refractivity contribution in [3.05, 3.63) is 35.9 Å². The molecule has 206 valence electrons. The van der Waals surface area contributed by atoms with Gasteiger partial charge in [-0.2, -0.15) is 13.2 Å². The number of aromatic nitrogens is 3. The number of carbonyl (C=O) groups is 1. The Hall–Kier alpha value is -2.24. The highest BCUT2D eigenvalue weighted by Crippen LogP contribution is 2.35. The van der Waals surface area contributed by atoms with Gasteiger partial charge in [0.15, 0.2) is 5.69 Å². The van der Waals surface area contributed by atoms with E-state index in [2.05, 4.69) is 29.6 Å². The maximum atomic E-state index is 13.4. The minimum atomic E-state index is -4.55. The summed E-state index contributed by atoms with van der Waals surface area (Å²) in [7, 11) is -1.31. The lowest BCUT2D eigenvalue weighted by molar-refractivity contribution is -0.152. The summed E-state index contributed by atoms with van der Waals surface area (Å²) in [6.07, 6.45) is 1.34. The first kappa shape index (κ1) is 29.3. The van der Waals surface area contributed by atoms with Gasteiger partial charge in [-0.1, -0.05) is 19.6 Å². The van der Waals surface area contributed by atoms with Crippen molar-refractivity contribution in [1.29, 1.82) is 0 Å². The van der Waals surface area contributed by atoms with Gasteiger partial charge >= 0.3 is 12.1 Å². The Labute approximate surface area is 217 Å². The largest absolute Gasteiger partial charge is 0.481 e. The Balaban J connectivity index is 1.64. The molecular weight excluding hydrogens is 503 g/mol. The molecule has 1 aliphatic carbocycles. The van der Waals surface area contributed by atoms with Crippen LogP contribution in [0, 0.1) is 5.41 Å². The van der Waals surface area contributed by atoms with Crippen LogP contribution < -0.4 is 0 Å². The highest BCUT2D eigenvalue weighted by atomic mass is 28.3. The summed E-state index contributed by atoms with van der Waals surface area (Å²) in [6, 6.07) is 4.54. The molecule has 1 aliphatic rings. The lowest BCUT2D eigenvalue weighted by Crippen LogP contribution is -2.32. The lowest BCUT2D eigenvalue weighted by atomic mass is 9.84. The first-order chi connectivity index (χ1) is 17.2. The van der Waals surface area contributed by atoms with Gasteiger partial charge in [-0.15, -0.1) is 0 Å². The normalized spacial score (nSPS) is 19.2. The summed E-state index contributed by atoms with van der Waals surface area (Å²) in [5, 5.41) is 9.25. The van der Waals surface area contributed by atoms with Gasteiger partial charge in [0.25, 0.3) is 0 Å². The van der Waals surface area contributed by atoms with Crippen LogP contribution in [0.2, 0.25) is 25.7 Å². The summed E-state index contributed by atoms with van der Waals surface area (Å²) in [5.41, 5.74) is -0.495. The van der Waals surface area contributed by atoms with Crippen LogP contribution in [-0.4, -0.2) is 53.0 Å². The zero-order chi connectivity index (χ0) is 27.4. The summed E-state index contributed by atoms with van der Waals surface area (Å²) in [4.78, 5) is 19.7. The van der Waals surface area contributed by atoms with E-state index in [1.54, 1.807) is 26.1 Å². The molecule has 0 atom stereocenters. The number of ether oxygens (including phenoxy) is 2. The van der Waals surface area contributed by atoms with E-state index in [4.69, 9.17) is 9.47 Å². The molecule has 7 nitrogen and oxygen atoms in total. The van der Waals surface area contributed by atoms with Crippen LogP contribution >= 0.6 is 0 Å². The molecule has 1 saturated carbocycles. The maximum Gasteiger partial charge on any atom is 0.434 e. The second-order valence-electron chi connectivity index (χ2n) is 11.7. The molecule has 2 heterocycles. The van der Waals surface area contributed by atoms with Crippen LogP contribution in [0.3, 0.4) is 0 Å². The molecular formula is C26H38F3N3O4Si. The number of hydrogen-bond donors (Lipinski definition) is 1. The van der Waals surface area contributed by atoms with Gasteiger partial charge in [0.05, 0.1) is 18.1 Å². The Bertz CT molecular complexity index is 1040. The van der Waals surface area contributed by atoms with Gasteiger partial charge in [0.2, 0.25) is 0 Å². The molecule has 1 N–H and O–H groups in total. The number of rotatable bonds is 11. The second kappa shape index (κ2) is 11.7. The summed E-state index contributed by atoms with van der Waals surface area (Å²) in [6.45, 7) is 10.6. The van der Waals surface area contributed by atoms with Crippen LogP contribution in [0.15, 0.2) is 24.5 Å². The first-order valence-electron chi connectivity index (χ1n) is 12.7. The zero-order valence-corrected chi connectivity index (χ0v) is 23.3. The molecule has 0 spiro atoms. The molecule has 1 fully saturated rings. The lowest BCUT2D eigenvalue weighted by Gasteiger charge is -2.30. The van der Waals surface area contributed by atoms with E-state index in [0.29, 0.717) is 12.2 Å². The molecule has 0 saturated heterocycles. The van der Waals surface area contributed by atoms with Crippen molar-refractivity contribution in [1.82, 2.24) is 14.5 Å². The summed E-state index contributed by atoms with van der Waals surface area (Å²) >= 11 is 0. The average molecular weight is 542 g/mol. The topological polar surface area (TPSA) is 86.5 Å². The Kier molecular flexibility index (Phi) is 9.23. The Morgan fingerprint density at radius 1 is 1.16 bits per heavy atom. The fourth-order valence-corrected chi connectivity index (χ4v) is 4.87. The van der Waals surface area contributed by atoms with E-state index in [-0.39, 0.29) is 31.2 Å². The number of pyridine rings is 1. The molecule has 0 unspecified atom stereocenters. The van der Waals surface area contributed by atoms with Gasteiger partial charge in [-0.05, 0) is 57.7 Å². The van der Waals surface area contributed by atoms with Crippen molar-refractivity contribution >= 4 is 14.0 Å². The van der Waals surface area contributed by atoms with Crippen LogP contribution in [0.25, 0.3) is 11.4 Å². The Morgan fingerprint density at radius 3 is 2.38 bits per heavy atom. The predicted molar refractivity (Wildman–Crippen MR) is 137 cm³/mol. The minimum Gasteiger partial charge on any atom is -0.481 e. The second-order valence-corrected chi connectivity index (χ2v) is 17.3. The van der Waals surface area contributed by atoms with Crippen molar-refractivity contribution in [2.45, 2.75) is 90.1 Å². The van der Waals surface area contributed by atoms with Crippen LogP contribution in [-0.2, 0) is 27.2 Å². The van der Waals surface area contributed by atoms with E-state index in [9.17, 15) is 23.1 Å². The minimum absolute atomic E-state index is 0.00660. The molecule has 0 radical (unpaired) electrons. The van der Waals surface area contributed by atoms with E-state index < -0.39 is 31.3 Å². The molecule has 2 aromatic rings. The highest BCUT2D eigenvalue weighted by Gasteiger charge is 2.35. The molecule has 2 aromatic heterocycles. The van der Waals surface area contributed by atoms with Crippen molar-refractivity contribution < 1.29 is 32.5 Å². The third-order valence-corrected chi connectivity index (χ3v) is 8.39. The fourth-order valence-electron chi connectivity index (χ4n) is 4.11. The average Bonchev–Trinajstić information content (AvgIpc) is 3.25. The molecule has 0 aromatic carbocycles. The van der Waals surface area contributed by atoms with E-state index >= 15 is 0 Å². The van der Waals surface area contributed by atoms with E-state index in [1.165, 1.54) is 4.57 Å². The smallest absolute Gasteiger partial charge is 0.434 e. The third-order valence-electron chi connectivity index (χ3n) is 6.69. The first-order valence-corrected chi connectivity index (χ1v) is 16.4. The van der Waals surface area contributed by atoms with Crippen LogP contribution in [0.4, 0.5) is 13.2 Å². The molecule has 3 rings (SSSR count). The van der Waals surface area contributed by atoms with Crippen molar-refractivity contribution in [2.75, 3.05) is 13.2 Å². The third kappa shape index (κ3) is 8.37. The number of hydrogen-bond acceptors (Lipinski definition) is 5. The quantitative estimate of drug-likeness (QED) is 0.261. The number of nitrogens with zero attached hydrogens (tertiary/aromatic N) is 3. The summed E-state index contributed by atoms with van der Waals surface area (Å²) in [5.74, 6) is -0.485. The maximum absolute atomic E-state index is 13.4. The van der Waals surface area contributed by atoms with E-state index in [1.807, 2.05) is 6.07 Å². The van der Waals surface area contributed by atoms with Crippen molar-refractivity contribution in [2.24, 2.45) is 5.41 Å². The standard InChI is InChI=1S/C26H38F3N3O4Si/c1-25(2,24(33)34)16-36-20-9-6-18(7-10-20)21-11-8-19(14-30-21)23-31-22(26(27,28)29)15-32(23)17-35-12-13-37(3,4)5/h8,11,14-15,18,20H,6-7,9-10,12-13,16-17H2,1-5H3,(H,33,34)/t18-,20-. The number of carboxylic acid groups (broad SMARTS) is 1. The number of aliphatic carboxylic acids is 1. The van der Waals surface area contributed by atoms with Crippen molar-refractivity contribution in [3.8, 4) is 11.4 Å². The monoisotopic (exact) mass is 541 g/mol. The van der Waals surface area contributed by atoms with Crippen molar-refractivity contribution in [3.63, 3.8) is 0 Å². The number of imidazole rings is 1. The SMILES string of the molecule is CC(C)(CO[C@H]1CC[C@H](c2ccc(-c3nc(C(F)(F)F)cn3COCC[Si](C)(C)C)cn2)CC1)C(=O)O. The number of halogens is 3. The van der Waals surface area contributed by atoms with Crippen LogP contribution in [0.1, 0.15) is 56.8 Å². The fraction of sp³-hybridized carbons (Fsp3) is 0.654. The number of alkyl halides is 3. The Morgan fingerprint density at radius 2 is 1.84 bits per heavy atom. The van der Waals surface area contributed by atoms with E-state index in [0.717, 1.165) is 43.6 Å². The van der Waals surface area contributed by atoms with Gasteiger partial charge in [-0.25, -0.2) is 4.98 Å². The molecule has 0 aliphatic heterocycles. The van der Waals surface area contributed by atoms with Gasteiger partial charge < -0.3 is 19.1 Å². The van der Waals surface area contributed by atoms with Crippen LogP contribution in [0.5, 0.6) is 0 Å². The molecule has 11 heteroatoms. The summed E-state index contributed by atoms with van der Waals surface area (Å²) < 4.78 is 53.1. The van der Waals surface area contributed by atoms with Gasteiger partial charge in [0, 0.05) is 44.2 Å². The zero-order valence-electron chi connectivity index (χ0n) is 22.3. The molecule has 0 bridgehead atoms. The van der Waals surface area contributed by atoms with Gasteiger partial charge in [0.1, 0.15) is 12.6 Å². The number of carboxylic acids is 1. The predicted octanol–water partition coefficient (Wildman–Crippen LogP) is 6.43. The molecule has 0 amide bonds.